The molecule has 0 saturated heterocycles. The second kappa shape index (κ2) is 9.20. The lowest BCUT2D eigenvalue weighted by Crippen LogP contribution is -2.32. The van der Waals surface area contributed by atoms with Crippen LogP contribution in [-0.2, 0) is 19.1 Å². The number of esters is 2. The summed E-state index contributed by atoms with van der Waals surface area (Å²) in [7, 11) is 0. The van der Waals surface area contributed by atoms with Gasteiger partial charge in [-0.25, -0.2) is 4.98 Å². The molecule has 1 heterocycles. The van der Waals surface area contributed by atoms with Crippen molar-refractivity contribution in [3.63, 3.8) is 0 Å². The van der Waals surface area contributed by atoms with Gasteiger partial charge in [0.15, 0.2) is 12.2 Å². The fourth-order valence-corrected chi connectivity index (χ4v) is 2.09. The molecule has 0 aliphatic rings. The second-order valence-corrected chi connectivity index (χ2v) is 6.37. The summed E-state index contributed by atoms with van der Waals surface area (Å²) < 4.78 is 15.2. The molecule has 1 rings (SSSR count). The molecule has 1 aromatic rings. The summed E-state index contributed by atoms with van der Waals surface area (Å²) in [5.74, 6) is -2.29. The van der Waals surface area contributed by atoms with E-state index in [4.69, 9.17) is 13.9 Å². The van der Waals surface area contributed by atoms with Crippen molar-refractivity contribution in [3.05, 3.63) is 18.4 Å². The standard InChI is InChI=1S/C17H25NO6/c1-5-22-14(19)9-7-6-8-12(16(21)24-17(2,3)4)15(20)13-10-18-11-23-13/h10-12H,5-9H2,1-4H3. The summed E-state index contributed by atoms with van der Waals surface area (Å²) in [4.78, 5) is 39.8. The van der Waals surface area contributed by atoms with E-state index in [0.717, 1.165) is 6.39 Å². The molecule has 1 aromatic heterocycles. The summed E-state index contributed by atoms with van der Waals surface area (Å²) in [6.45, 7) is 7.29. The maximum atomic E-state index is 12.4. The van der Waals surface area contributed by atoms with Crippen molar-refractivity contribution >= 4 is 17.7 Å². The van der Waals surface area contributed by atoms with E-state index >= 15 is 0 Å². The van der Waals surface area contributed by atoms with Gasteiger partial charge in [0.05, 0.1) is 12.8 Å². The van der Waals surface area contributed by atoms with Gasteiger partial charge in [0, 0.05) is 6.42 Å². The van der Waals surface area contributed by atoms with Crippen molar-refractivity contribution in [1.82, 2.24) is 4.98 Å². The maximum Gasteiger partial charge on any atom is 0.317 e. The van der Waals surface area contributed by atoms with Crippen molar-refractivity contribution in [1.29, 1.82) is 0 Å². The summed E-state index contributed by atoms with van der Waals surface area (Å²) in [6, 6.07) is 0. The van der Waals surface area contributed by atoms with Gasteiger partial charge in [-0.1, -0.05) is 6.42 Å². The van der Waals surface area contributed by atoms with Crippen LogP contribution < -0.4 is 0 Å². The van der Waals surface area contributed by atoms with Crippen LogP contribution in [0.3, 0.4) is 0 Å². The summed E-state index contributed by atoms with van der Waals surface area (Å²) >= 11 is 0. The lowest BCUT2D eigenvalue weighted by atomic mass is 9.95. The molecule has 1 atom stereocenters. The number of hydrogen-bond acceptors (Lipinski definition) is 7. The zero-order chi connectivity index (χ0) is 18.2. The Hall–Kier alpha value is -2.18. The molecule has 0 spiro atoms. The van der Waals surface area contributed by atoms with Crippen LogP contribution >= 0.6 is 0 Å². The van der Waals surface area contributed by atoms with E-state index in [1.807, 2.05) is 0 Å². The average Bonchev–Trinajstić information content (AvgIpc) is 2.99. The Bertz CT molecular complexity index is 544. The van der Waals surface area contributed by atoms with Gasteiger partial charge < -0.3 is 13.9 Å². The summed E-state index contributed by atoms with van der Waals surface area (Å²) in [5.41, 5.74) is -0.693. The van der Waals surface area contributed by atoms with E-state index in [1.165, 1.54) is 6.20 Å². The Morgan fingerprint density at radius 1 is 1.25 bits per heavy atom. The Morgan fingerprint density at radius 2 is 1.96 bits per heavy atom. The smallest absolute Gasteiger partial charge is 0.317 e. The molecule has 7 nitrogen and oxygen atoms in total. The van der Waals surface area contributed by atoms with Crippen LogP contribution in [0.2, 0.25) is 0 Å². The van der Waals surface area contributed by atoms with Gasteiger partial charge >= 0.3 is 11.9 Å². The van der Waals surface area contributed by atoms with Crippen LogP contribution in [0, 0.1) is 5.92 Å². The van der Waals surface area contributed by atoms with E-state index in [2.05, 4.69) is 4.98 Å². The molecule has 0 N–H and O–H groups in total. The molecular weight excluding hydrogens is 314 g/mol. The number of hydrogen-bond donors (Lipinski definition) is 0. The van der Waals surface area contributed by atoms with Crippen LogP contribution in [0.5, 0.6) is 0 Å². The van der Waals surface area contributed by atoms with E-state index in [1.54, 1.807) is 27.7 Å². The van der Waals surface area contributed by atoms with Crippen LogP contribution in [0.4, 0.5) is 0 Å². The van der Waals surface area contributed by atoms with Crippen LogP contribution in [-0.4, -0.2) is 34.9 Å². The Balaban J connectivity index is 2.66. The quantitative estimate of drug-likeness (QED) is 0.295. The van der Waals surface area contributed by atoms with E-state index < -0.39 is 23.3 Å². The molecule has 24 heavy (non-hydrogen) atoms. The zero-order valence-electron chi connectivity index (χ0n) is 14.7. The number of ketones is 1. The molecule has 0 amide bonds. The number of rotatable bonds is 9. The van der Waals surface area contributed by atoms with Crippen molar-refractivity contribution < 1.29 is 28.3 Å². The lowest BCUT2D eigenvalue weighted by Gasteiger charge is -2.23. The number of ether oxygens (including phenoxy) is 2. The first-order valence-corrected chi connectivity index (χ1v) is 8.05. The van der Waals surface area contributed by atoms with Gasteiger partial charge in [0.1, 0.15) is 11.5 Å². The minimum absolute atomic E-state index is 0.0243. The molecule has 7 heteroatoms. The van der Waals surface area contributed by atoms with Crippen molar-refractivity contribution in [3.8, 4) is 0 Å². The largest absolute Gasteiger partial charge is 0.466 e. The van der Waals surface area contributed by atoms with Crippen LogP contribution in [0.1, 0.15) is 63.9 Å². The minimum atomic E-state index is -0.973. The molecule has 0 aliphatic carbocycles. The number of Topliss-reactive ketones (excluding diaryl/α,β-unsaturated/α-hetero) is 1. The molecule has 0 aliphatic heterocycles. The third kappa shape index (κ3) is 6.93. The van der Waals surface area contributed by atoms with E-state index in [-0.39, 0.29) is 24.6 Å². The number of carbonyl (C=O) groups is 3. The highest BCUT2D eigenvalue weighted by Crippen LogP contribution is 2.21. The van der Waals surface area contributed by atoms with Crippen LogP contribution in [0.15, 0.2) is 17.0 Å². The highest BCUT2D eigenvalue weighted by Gasteiger charge is 2.33. The topological polar surface area (TPSA) is 95.7 Å². The van der Waals surface area contributed by atoms with E-state index in [0.29, 0.717) is 19.4 Å². The van der Waals surface area contributed by atoms with E-state index in [9.17, 15) is 14.4 Å². The minimum Gasteiger partial charge on any atom is -0.466 e. The molecule has 134 valence electrons. The Labute approximate surface area is 141 Å². The molecule has 0 bridgehead atoms. The van der Waals surface area contributed by atoms with Gasteiger partial charge in [-0.2, -0.15) is 0 Å². The number of aromatic nitrogens is 1. The first kappa shape index (κ1) is 19.9. The zero-order valence-corrected chi connectivity index (χ0v) is 14.7. The molecule has 0 fully saturated rings. The molecule has 1 unspecified atom stereocenters. The lowest BCUT2D eigenvalue weighted by molar-refractivity contribution is -0.158. The van der Waals surface area contributed by atoms with Crippen molar-refractivity contribution in [2.45, 2.75) is 59.0 Å². The molecular formula is C17H25NO6. The van der Waals surface area contributed by atoms with Gasteiger partial charge in [-0.3, -0.25) is 14.4 Å². The Morgan fingerprint density at radius 3 is 2.50 bits per heavy atom. The third-order valence-corrected chi connectivity index (χ3v) is 3.11. The summed E-state index contributed by atoms with van der Waals surface area (Å²) in [5, 5.41) is 0. The first-order chi connectivity index (χ1) is 11.2. The molecule has 0 aromatic carbocycles. The Kier molecular flexibility index (Phi) is 7.61. The third-order valence-electron chi connectivity index (χ3n) is 3.11. The maximum absolute atomic E-state index is 12.4. The highest BCUT2D eigenvalue weighted by atomic mass is 16.6. The van der Waals surface area contributed by atoms with Gasteiger partial charge in [-0.15, -0.1) is 0 Å². The fourth-order valence-electron chi connectivity index (χ4n) is 2.09. The number of nitrogens with zero attached hydrogens (tertiary/aromatic N) is 1. The van der Waals surface area contributed by atoms with Gasteiger partial charge in [0.2, 0.25) is 5.78 Å². The van der Waals surface area contributed by atoms with Crippen LogP contribution in [0.25, 0.3) is 0 Å². The average molecular weight is 339 g/mol. The molecule has 0 radical (unpaired) electrons. The first-order valence-electron chi connectivity index (χ1n) is 8.05. The number of unbranched alkanes of at least 4 members (excludes halogenated alkanes) is 1. The predicted octanol–water partition coefficient (Wildman–Crippen LogP) is 2.94. The highest BCUT2D eigenvalue weighted by molar-refractivity contribution is 6.07. The van der Waals surface area contributed by atoms with Gasteiger partial charge in [-0.05, 0) is 40.5 Å². The monoisotopic (exact) mass is 339 g/mol. The SMILES string of the molecule is CCOC(=O)CCCCC(C(=O)OC(C)(C)C)C(=O)c1cnco1. The predicted molar refractivity (Wildman–Crippen MR) is 85.3 cm³/mol. The number of carbonyl (C=O) groups excluding carboxylic acids is 3. The van der Waals surface area contributed by atoms with Crippen molar-refractivity contribution in [2.24, 2.45) is 5.92 Å². The fraction of sp³-hybridized carbons (Fsp3) is 0.647. The normalized spacial score (nSPS) is 12.5. The van der Waals surface area contributed by atoms with Gasteiger partial charge in [0.25, 0.3) is 0 Å². The summed E-state index contributed by atoms with van der Waals surface area (Å²) in [6.07, 6.45) is 3.99. The van der Waals surface area contributed by atoms with Crippen molar-refractivity contribution in [2.75, 3.05) is 6.61 Å². The molecule has 0 saturated carbocycles. The number of oxazole rings is 1. The second-order valence-electron chi connectivity index (χ2n) is 6.37.